The average molecular weight is 522 g/mol. The highest BCUT2D eigenvalue weighted by molar-refractivity contribution is 6.06. The van der Waals surface area contributed by atoms with Crippen LogP contribution in [0.15, 0.2) is 54.6 Å². The second-order valence-corrected chi connectivity index (χ2v) is 10.2. The maximum absolute atomic E-state index is 12.3. The van der Waals surface area contributed by atoms with E-state index in [2.05, 4.69) is 6.92 Å². The summed E-state index contributed by atoms with van der Waals surface area (Å²) in [4.78, 5) is 22.5. The smallest absolute Gasteiger partial charge is 0.269 e. The minimum absolute atomic E-state index is 0.0271. The zero-order chi connectivity index (χ0) is 27.3. The SMILES string of the molecule is CCCCCCCCCCCCCCCCCCOc1ccc(C=CC(=O)c2ccc([N+](=O)[O-])cc2)cc1. The van der Waals surface area contributed by atoms with Crippen LogP contribution in [0, 0.1) is 10.1 Å². The van der Waals surface area contributed by atoms with Gasteiger partial charge in [0.1, 0.15) is 5.75 Å². The summed E-state index contributed by atoms with van der Waals surface area (Å²) in [6.45, 7) is 3.01. The summed E-state index contributed by atoms with van der Waals surface area (Å²) >= 11 is 0. The summed E-state index contributed by atoms with van der Waals surface area (Å²) in [6, 6.07) is 13.3. The van der Waals surface area contributed by atoms with Gasteiger partial charge in [0, 0.05) is 17.7 Å². The predicted molar refractivity (Wildman–Crippen MR) is 158 cm³/mol. The van der Waals surface area contributed by atoms with E-state index < -0.39 is 4.92 Å². The number of carbonyl (C=O) groups excluding carboxylic acids is 1. The number of ether oxygens (including phenoxy) is 1. The second kappa shape index (κ2) is 20.1. The third kappa shape index (κ3) is 14.1. The van der Waals surface area contributed by atoms with Gasteiger partial charge in [0.05, 0.1) is 11.5 Å². The Morgan fingerprint density at radius 3 is 1.66 bits per heavy atom. The van der Waals surface area contributed by atoms with Crippen LogP contribution in [0.5, 0.6) is 5.75 Å². The first-order valence-corrected chi connectivity index (χ1v) is 14.8. The maximum atomic E-state index is 12.3. The number of hydrogen-bond donors (Lipinski definition) is 0. The van der Waals surface area contributed by atoms with Gasteiger partial charge in [-0.1, -0.05) is 121 Å². The van der Waals surface area contributed by atoms with E-state index in [1.807, 2.05) is 24.3 Å². The molecule has 0 bridgehead atoms. The van der Waals surface area contributed by atoms with Crippen molar-refractivity contribution in [2.75, 3.05) is 6.61 Å². The number of carbonyl (C=O) groups is 1. The molecule has 0 fully saturated rings. The lowest BCUT2D eigenvalue weighted by Gasteiger charge is -2.07. The average Bonchev–Trinajstić information content (AvgIpc) is 2.94. The second-order valence-electron chi connectivity index (χ2n) is 10.2. The molecule has 0 N–H and O–H groups in total. The van der Waals surface area contributed by atoms with Crippen molar-refractivity contribution in [2.24, 2.45) is 0 Å². The van der Waals surface area contributed by atoms with E-state index in [9.17, 15) is 14.9 Å². The quantitative estimate of drug-likeness (QED) is 0.0508. The summed E-state index contributed by atoms with van der Waals surface area (Å²) in [7, 11) is 0. The fourth-order valence-corrected chi connectivity index (χ4v) is 4.53. The van der Waals surface area contributed by atoms with Gasteiger partial charge in [0.2, 0.25) is 0 Å². The van der Waals surface area contributed by atoms with E-state index in [1.165, 1.54) is 127 Å². The standard InChI is InChI=1S/C33H47NO4/c1-2-3-4-5-6-7-8-9-10-11-12-13-14-15-16-17-28-38-32-25-18-29(19-26-32)20-27-33(35)30-21-23-31(24-22-30)34(36)37/h18-27H,2-17,28H2,1H3. The van der Waals surface area contributed by atoms with Crippen molar-refractivity contribution in [1.29, 1.82) is 0 Å². The lowest BCUT2D eigenvalue weighted by atomic mass is 10.0. The molecule has 0 aliphatic carbocycles. The minimum atomic E-state index is -0.478. The molecule has 2 aromatic rings. The van der Waals surface area contributed by atoms with Crippen LogP contribution >= 0.6 is 0 Å². The van der Waals surface area contributed by atoms with Crippen molar-refractivity contribution in [3.63, 3.8) is 0 Å². The largest absolute Gasteiger partial charge is 0.494 e. The number of non-ortho nitro benzene ring substituents is 1. The van der Waals surface area contributed by atoms with Crippen molar-refractivity contribution >= 4 is 17.5 Å². The predicted octanol–water partition coefficient (Wildman–Crippen LogP) is 10.1. The Hall–Kier alpha value is -2.95. The molecule has 0 aliphatic rings. The van der Waals surface area contributed by atoms with Crippen LogP contribution in [0.2, 0.25) is 0 Å². The molecule has 5 heteroatoms. The first kappa shape index (κ1) is 31.3. The van der Waals surface area contributed by atoms with E-state index in [-0.39, 0.29) is 11.5 Å². The summed E-state index contributed by atoms with van der Waals surface area (Å²) in [5, 5.41) is 10.7. The molecule has 5 nitrogen and oxygen atoms in total. The number of unbranched alkanes of at least 4 members (excludes halogenated alkanes) is 15. The molecule has 0 unspecified atom stereocenters. The highest BCUT2D eigenvalue weighted by Gasteiger charge is 2.07. The maximum Gasteiger partial charge on any atom is 0.269 e. The number of nitro benzene ring substituents is 1. The molecule has 0 atom stereocenters. The topological polar surface area (TPSA) is 69.4 Å². The van der Waals surface area contributed by atoms with E-state index in [0.717, 1.165) is 24.3 Å². The van der Waals surface area contributed by atoms with Crippen molar-refractivity contribution in [2.45, 2.75) is 110 Å². The summed E-state index contributed by atoms with van der Waals surface area (Å²) in [5.74, 6) is 0.647. The van der Waals surface area contributed by atoms with Gasteiger partial charge in [-0.2, -0.15) is 0 Å². The van der Waals surface area contributed by atoms with Gasteiger partial charge >= 0.3 is 0 Å². The molecule has 2 aromatic carbocycles. The fraction of sp³-hybridized carbons (Fsp3) is 0.545. The lowest BCUT2D eigenvalue weighted by molar-refractivity contribution is -0.384. The molecular weight excluding hydrogens is 474 g/mol. The van der Waals surface area contributed by atoms with Crippen LogP contribution in [-0.2, 0) is 0 Å². The molecule has 38 heavy (non-hydrogen) atoms. The summed E-state index contributed by atoms with van der Waals surface area (Å²) in [5.41, 5.74) is 1.29. The van der Waals surface area contributed by atoms with Gasteiger partial charge in [-0.25, -0.2) is 0 Å². The third-order valence-electron chi connectivity index (χ3n) is 6.94. The Morgan fingerprint density at radius 2 is 1.18 bits per heavy atom. The van der Waals surface area contributed by atoms with Crippen molar-refractivity contribution < 1.29 is 14.5 Å². The number of nitrogens with zero attached hydrogens (tertiary/aromatic N) is 1. The van der Waals surface area contributed by atoms with Gasteiger partial charge in [0.15, 0.2) is 5.78 Å². The van der Waals surface area contributed by atoms with Gasteiger partial charge in [-0.3, -0.25) is 14.9 Å². The van der Waals surface area contributed by atoms with Gasteiger partial charge in [0.25, 0.3) is 5.69 Å². The van der Waals surface area contributed by atoms with E-state index in [0.29, 0.717) is 5.56 Å². The molecule has 208 valence electrons. The zero-order valence-electron chi connectivity index (χ0n) is 23.4. The fourth-order valence-electron chi connectivity index (χ4n) is 4.53. The number of nitro groups is 1. The van der Waals surface area contributed by atoms with Crippen LogP contribution < -0.4 is 4.74 Å². The van der Waals surface area contributed by atoms with E-state index in [1.54, 1.807) is 6.08 Å². The highest BCUT2D eigenvalue weighted by Crippen LogP contribution is 2.17. The molecule has 0 heterocycles. The number of rotatable bonds is 22. The van der Waals surface area contributed by atoms with Crippen LogP contribution in [0.3, 0.4) is 0 Å². The Labute approximate surface area is 229 Å². The first-order valence-electron chi connectivity index (χ1n) is 14.8. The molecule has 0 saturated carbocycles. The summed E-state index contributed by atoms with van der Waals surface area (Å²) in [6.07, 6.45) is 25.0. The van der Waals surface area contributed by atoms with Crippen molar-refractivity contribution in [3.8, 4) is 5.75 Å². The molecule has 0 radical (unpaired) electrons. The van der Waals surface area contributed by atoms with Crippen LogP contribution in [0.1, 0.15) is 126 Å². The molecule has 0 aliphatic heterocycles. The van der Waals surface area contributed by atoms with Crippen molar-refractivity contribution in [1.82, 2.24) is 0 Å². The summed E-state index contributed by atoms with van der Waals surface area (Å²) < 4.78 is 5.86. The Balaban J connectivity index is 1.46. The highest BCUT2D eigenvalue weighted by atomic mass is 16.6. The van der Waals surface area contributed by atoms with Gasteiger partial charge in [-0.15, -0.1) is 0 Å². The zero-order valence-corrected chi connectivity index (χ0v) is 23.4. The van der Waals surface area contributed by atoms with E-state index >= 15 is 0 Å². The first-order chi connectivity index (χ1) is 18.6. The molecular formula is C33H47NO4. The number of benzene rings is 2. The van der Waals surface area contributed by atoms with Gasteiger partial charge in [-0.05, 0) is 42.3 Å². The number of allylic oxidation sites excluding steroid dienone is 1. The number of ketones is 1. The van der Waals surface area contributed by atoms with Crippen LogP contribution in [0.25, 0.3) is 6.08 Å². The van der Waals surface area contributed by atoms with Crippen molar-refractivity contribution in [3.05, 3.63) is 75.8 Å². The third-order valence-corrected chi connectivity index (χ3v) is 6.94. The van der Waals surface area contributed by atoms with Gasteiger partial charge < -0.3 is 4.74 Å². The lowest BCUT2D eigenvalue weighted by Crippen LogP contribution is -1.97. The number of hydrogen-bond acceptors (Lipinski definition) is 4. The Morgan fingerprint density at radius 1 is 0.711 bits per heavy atom. The Bertz CT molecular complexity index is 934. The van der Waals surface area contributed by atoms with Crippen LogP contribution in [-0.4, -0.2) is 17.3 Å². The molecule has 2 rings (SSSR count). The normalized spacial score (nSPS) is 11.2. The minimum Gasteiger partial charge on any atom is -0.494 e. The van der Waals surface area contributed by atoms with Crippen LogP contribution in [0.4, 0.5) is 5.69 Å². The monoisotopic (exact) mass is 521 g/mol. The Kier molecular flexibility index (Phi) is 16.5. The van der Waals surface area contributed by atoms with E-state index in [4.69, 9.17) is 4.74 Å². The molecule has 0 aromatic heterocycles. The molecule has 0 spiro atoms. The molecule has 0 saturated heterocycles. The molecule has 0 amide bonds.